The number of rotatable bonds is 5. The molecule has 6 heteroatoms. The van der Waals surface area contributed by atoms with Crippen LogP contribution < -0.4 is 0 Å². The molecule has 0 radical (unpaired) electrons. The van der Waals surface area contributed by atoms with Crippen molar-refractivity contribution < 1.29 is 13.2 Å². The van der Waals surface area contributed by atoms with Crippen LogP contribution in [0.15, 0.2) is 23.1 Å². The van der Waals surface area contributed by atoms with E-state index in [2.05, 4.69) is 0 Å². The van der Waals surface area contributed by atoms with Crippen molar-refractivity contribution in [2.24, 2.45) is 5.92 Å². The molecule has 0 atom stereocenters. The SMILES string of the molecule is CCC(CC)C(=O)N1CCN(S(=O)(=O)c2ccc(C)cc2C)CC1. The molecule has 1 amide bonds. The maximum atomic E-state index is 12.9. The van der Waals surface area contributed by atoms with Gasteiger partial charge in [-0.2, -0.15) is 4.31 Å². The van der Waals surface area contributed by atoms with Crippen molar-refractivity contribution >= 4 is 15.9 Å². The van der Waals surface area contributed by atoms with Crippen LogP contribution in [0.5, 0.6) is 0 Å². The van der Waals surface area contributed by atoms with Gasteiger partial charge in [0.1, 0.15) is 0 Å². The first-order valence-corrected chi connectivity index (χ1v) is 10.1. The predicted octanol–water partition coefficient (Wildman–Crippen LogP) is 2.57. The lowest BCUT2D eigenvalue weighted by atomic mass is 10.0. The first kappa shape index (κ1) is 18.9. The Labute approximate surface area is 145 Å². The molecule has 0 spiro atoms. The molecule has 0 N–H and O–H groups in total. The van der Waals surface area contributed by atoms with Gasteiger partial charge in [0, 0.05) is 32.1 Å². The molecule has 0 saturated carbocycles. The van der Waals surface area contributed by atoms with Crippen LogP contribution in [0, 0.1) is 19.8 Å². The predicted molar refractivity (Wildman–Crippen MR) is 95.3 cm³/mol. The van der Waals surface area contributed by atoms with E-state index in [1.807, 2.05) is 44.7 Å². The first-order chi connectivity index (χ1) is 11.3. The third kappa shape index (κ3) is 3.81. The Morgan fingerprint density at radius 2 is 1.67 bits per heavy atom. The van der Waals surface area contributed by atoms with Crippen molar-refractivity contribution in [3.8, 4) is 0 Å². The summed E-state index contributed by atoms with van der Waals surface area (Å²) < 4.78 is 27.2. The fourth-order valence-electron chi connectivity index (χ4n) is 3.27. The van der Waals surface area contributed by atoms with Crippen LogP contribution in [0.25, 0.3) is 0 Å². The summed E-state index contributed by atoms with van der Waals surface area (Å²) in [7, 11) is -3.49. The number of sulfonamides is 1. The number of hydrogen-bond donors (Lipinski definition) is 0. The molecular formula is C18H28N2O3S. The van der Waals surface area contributed by atoms with Gasteiger partial charge in [0.2, 0.25) is 15.9 Å². The van der Waals surface area contributed by atoms with Crippen molar-refractivity contribution in [2.45, 2.75) is 45.4 Å². The Hall–Kier alpha value is -1.40. The summed E-state index contributed by atoms with van der Waals surface area (Å²) in [6.07, 6.45) is 1.66. The fraction of sp³-hybridized carbons (Fsp3) is 0.611. The van der Waals surface area contributed by atoms with E-state index in [-0.39, 0.29) is 11.8 Å². The fourth-order valence-corrected chi connectivity index (χ4v) is 4.90. The zero-order valence-corrected chi connectivity index (χ0v) is 15.9. The number of carbonyl (C=O) groups is 1. The standard InChI is InChI=1S/C18H28N2O3S/c1-5-16(6-2)18(21)19-9-11-20(12-10-19)24(22,23)17-8-7-14(3)13-15(17)4/h7-8,13,16H,5-6,9-12H2,1-4H3. The van der Waals surface area contributed by atoms with Crippen molar-refractivity contribution in [3.05, 3.63) is 29.3 Å². The van der Waals surface area contributed by atoms with Crippen molar-refractivity contribution in [2.75, 3.05) is 26.2 Å². The van der Waals surface area contributed by atoms with Gasteiger partial charge in [-0.05, 0) is 38.3 Å². The Kier molecular flexibility index (Phi) is 6.04. The van der Waals surface area contributed by atoms with E-state index in [9.17, 15) is 13.2 Å². The van der Waals surface area contributed by atoms with E-state index in [0.717, 1.165) is 24.0 Å². The van der Waals surface area contributed by atoms with Crippen molar-refractivity contribution in [3.63, 3.8) is 0 Å². The van der Waals surface area contributed by atoms with E-state index in [4.69, 9.17) is 0 Å². The number of piperazine rings is 1. The van der Waals surface area contributed by atoms with E-state index >= 15 is 0 Å². The Morgan fingerprint density at radius 1 is 1.08 bits per heavy atom. The number of aryl methyl sites for hydroxylation is 2. The van der Waals surface area contributed by atoms with Crippen molar-refractivity contribution in [1.29, 1.82) is 0 Å². The van der Waals surface area contributed by atoms with Gasteiger partial charge in [-0.15, -0.1) is 0 Å². The summed E-state index contributed by atoms with van der Waals surface area (Å²) >= 11 is 0. The first-order valence-electron chi connectivity index (χ1n) is 8.67. The monoisotopic (exact) mass is 352 g/mol. The van der Waals surface area contributed by atoms with Gasteiger partial charge in [-0.3, -0.25) is 4.79 Å². The molecule has 1 heterocycles. The lowest BCUT2D eigenvalue weighted by Crippen LogP contribution is -2.51. The number of hydrogen-bond acceptors (Lipinski definition) is 3. The average molecular weight is 353 g/mol. The van der Waals surface area contributed by atoms with E-state index in [0.29, 0.717) is 31.1 Å². The summed E-state index contributed by atoms with van der Waals surface area (Å²) in [5.41, 5.74) is 1.82. The van der Waals surface area contributed by atoms with E-state index in [1.54, 1.807) is 6.07 Å². The molecule has 24 heavy (non-hydrogen) atoms. The van der Waals surface area contributed by atoms with Crippen LogP contribution in [0.1, 0.15) is 37.8 Å². The third-order valence-electron chi connectivity index (χ3n) is 4.83. The van der Waals surface area contributed by atoms with Crippen LogP contribution in [0.4, 0.5) is 0 Å². The molecule has 0 aliphatic carbocycles. The lowest BCUT2D eigenvalue weighted by Gasteiger charge is -2.35. The second-order valence-electron chi connectivity index (χ2n) is 6.51. The average Bonchev–Trinajstić information content (AvgIpc) is 2.55. The molecule has 0 bridgehead atoms. The molecule has 1 aliphatic rings. The van der Waals surface area contributed by atoms with Crippen LogP contribution in [-0.2, 0) is 14.8 Å². The molecule has 1 aliphatic heterocycles. The van der Waals surface area contributed by atoms with E-state index in [1.165, 1.54) is 4.31 Å². The molecule has 2 rings (SSSR count). The van der Waals surface area contributed by atoms with Gasteiger partial charge in [0.15, 0.2) is 0 Å². The van der Waals surface area contributed by atoms with Gasteiger partial charge in [0.05, 0.1) is 4.90 Å². The summed E-state index contributed by atoms with van der Waals surface area (Å²) in [5, 5.41) is 0. The molecule has 1 saturated heterocycles. The summed E-state index contributed by atoms with van der Waals surface area (Å²) in [4.78, 5) is 14.6. The highest BCUT2D eigenvalue weighted by atomic mass is 32.2. The zero-order chi connectivity index (χ0) is 17.9. The molecular weight excluding hydrogens is 324 g/mol. The minimum Gasteiger partial charge on any atom is -0.340 e. The topological polar surface area (TPSA) is 57.7 Å². The highest BCUT2D eigenvalue weighted by Gasteiger charge is 2.32. The second-order valence-corrected chi connectivity index (χ2v) is 8.42. The van der Waals surface area contributed by atoms with E-state index < -0.39 is 10.0 Å². The number of benzene rings is 1. The summed E-state index contributed by atoms with van der Waals surface area (Å²) in [6.45, 7) is 9.49. The van der Waals surface area contributed by atoms with Crippen LogP contribution in [0.3, 0.4) is 0 Å². The van der Waals surface area contributed by atoms with Crippen LogP contribution >= 0.6 is 0 Å². The van der Waals surface area contributed by atoms with Gasteiger partial charge in [-0.25, -0.2) is 8.42 Å². The molecule has 0 aromatic heterocycles. The zero-order valence-electron chi connectivity index (χ0n) is 15.1. The molecule has 1 fully saturated rings. The normalized spacial score (nSPS) is 16.6. The van der Waals surface area contributed by atoms with Gasteiger partial charge < -0.3 is 4.90 Å². The van der Waals surface area contributed by atoms with Gasteiger partial charge in [0.25, 0.3) is 0 Å². The molecule has 5 nitrogen and oxygen atoms in total. The number of amides is 1. The molecule has 0 unspecified atom stereocenters. The van der Waals surface area contributed by atoms with Gasteiger partial charge in [-0.1, -0.05) is 31.5 Å². The Bertz CT molecular complexity index is 688. The minimum absolute atomic E-state index is 0.0486. The lowest BCUT2D eigenvalue weighted by molar-refractivity contribution is -0.136. The highest BCUT2D eigenvalue weighted by Crippen LogP contribution is 2.23. The Morgan fingerprint density at radius 3 is 2.17 bits per heavy atom. The smallest absolute Gasteiger partial charge is 0.243 e. The summed E-state index contributed by atoms with van der Waals surface area (Å²) in [6, 6.07) is 5.40. The van der Waals surface area contributed by atoms with Crippen molar-refractivity contribution in [1.82, 2.24) is 9.21 Å². The minimum atomic E-state index is -3.49. The Balaban J connectivity index is 2.10. The highest BCUT2D eigenvalue weighted by molar-refractivity contribution is 7.89. The molecule has 134 valence electrons. The molecule has 1 aromatic rings. The third-order valence-corrected chi connectivity index (χ3v) is 6.89. The largest absolute Gasteiger partial charge is 0.340 e. The molecule has 1 aromatic carbocycles. The second kappa shape index (κ2) is 7.66. The van der Waals surface area contributed by atoms with Crippen LogP contribution in [0.2, 0.25) is 0 Å². The van der Waals surface area contributed by atoms with Gasteiger partial charge >= 0.3 is 0 Å². The summed E-state index contributed by atoms with van der Waals surface area (Å²) in [5.74, 6) is 0.205. The maximum Gasteiger partial charge on any atom is 0.243 e. The maximum absolute atomic E-state index is 12.9. The number of carbonyl (C=O) groups excluding carboxylic acids is 1. The van der Waals surface area contributed by atoms with Crippen LogP contribution in [-0.4, -0.2) is 49.7 Å². The quantitative estimate of drug-likeness (QED) is 0.818. The number of nitrogens with zero attached hydrogens (tertiary/aromatic N) is 2.